The van der Waals surface area contributed by atoms with Gasteiger partial charge in [-0.2, -0.15) is 0 Å². The molecular weight excluding hydrogens is 243 g/mol. The second kappa shape index (κ2) is 4.50. The number of methoxy groups -OCH3 is 1. The Bertz CT molecular complexity index is 618. The predicted octanol–water partition coefficient (Wildman–Crippen LogP) is 2.66. The van der Waals surface area contributed by atoms with Crippen LogP contribution in [0.1, 0.15) is 10.5 Å². The number of carbonyl (C=O) groups excluding carboxylic acids is 1. The summed E-state index contributed by atoms with van der Waals surface area (Å²) >= 11 is 4.91. The van der Waals surface area contributed by atoms with Crippen LogP contribution < -0.4 is 0 Å². The monoisotopic (exact) mass is 252 g/mol. The third-order valence-corrected chi connectivity index (χ3v) is 2.43. The molecule has 0 atom stereocenters. The quantitative estimate of drug-likeness (QED) is 0.638. The number of hydrogen-bond donors (Lipinski definition) is 2. The van der Waals surface area contributed by atoms with Gasteiger partial charge in [-0.05, 0) is 24.4 Å². The number of benzene rings is 1. The molecular formula is C11H9FN2O2S. The van der Waals surface area contributed by atoms with Crippen molar-refractivity contribution in [2.45, 2.75) is 0 Å². The average molecular weight is 252 g/mol. The molecule has 17 heavy (non-hydrogen) atoms. The lowest BCUT2D eigenvalue weighted by Crippen LogP contribution is -2.03. The SMILES string of the molecule is COC(=O)c1[nH]c(=S)[nH]c1-c1cccc(F)c1. The lowest BCUT2D eigenvalue weighted by atomic mass is 10.1. The van der Waals surface area contributed by atoms with E-state index in [1.54, 1.807) is 12.1 Å². The summed E-state index contributed by atoms with van der Waals surface area (Å²) in [7, 11) is 1.27. The summed E-state index contributed by atoms with van der Waals surface area (Å²) in [6.45, 7) is 0. The Labute approximate surface area is 101 Å². The third-order valence-electron chi connectivity index (χ3n) is 2.23. The smallest absolute Gasteiger partial charge is 0.356 e. The molecule has 1 aromatic heterocycles. The summed E-state index contributed by atoms with van der Waals surface area (Å²) in [5, 5.41) is 0. The number of aromatic amines is 2. The van der Waals surface area contributed by atoms with Crippen LogP contribution in [-0.2, 0) is 4.74 Å². The molecule has 6 heteroatoms. The Kier molecular flexibility index (Phi) is 3.06. The zero-order valence-electron chi connectivity index (χ0n) is 8.91. The van der Waals surface area contributed by atoms with E-state index < -0.39 is 5.97 Å². The minimum atomic E-state index is -0.559. The van der Waals surface area contributed by atoms with Gasteiger partial charge in [-0.1, -0.05) is 12.1 Å². The van der Waals surface area contributed by atoms with Crippen LogP contribution in [0.4, 0.5) is 4.39 Å². The lowest BCUT2D eigenvalue weighted by Gasteiger charge is -2.01. The van der Waals surface area contributed by atoms with Crippen LogP contribution in [0.3, 0.4) is 0 Å². The first-order valence-corrected chi connectivity index (χ1v) is 5.19. The molecule has 1 heterocycles. The van der Waals surface area contributed by atoms with Crippen molar-refractivity contribution in [3.05, 3.63) is 40.5 Å². The summed E-state index contributed by atoms with van der Waals surface area (Å²) in [6.07, 6.45) is 0. The topological polar surface area (TPSA) is 57.9 Å². The van der Waals surface area contributed by atoms with Crippen molar-refractivity contribution >= 4 is 18.2 Å². The molecule has 0 aliphatic carbocycles. The minimum absolute atomic E-state index is 0.183. The fourth-order valence-corrected chi connectivity index (χ4v) is 1.70. The summed E-state index contributed by atoms with van der Waals surface area (Å²) < 4.78 is 18.0. The molecule has 0 amide bonds. The maximum atomic E-state index is 13.1. The first kappa shape index (κ1) is 11.5. The number of rotatable bonds is 2. The number of esters is 1. The summed E-state index contributed by atoms with van der Waals surface area (Å²) in [5.74, 6) is -0.949. The molecule has 0 fully saturated rings. The van der Waals surface area contributed by atoms with Gasteiger partial charge in [0.2, 0.25) is 0 Å². The highest BCUT2D eigenvalue weighted by Gasteiger charge is 2.16. The van der Waals surface area contributed by atoms with Gasteiger partial charge in [0.05, 0.1) is 12.8 Å². The second-order valence-electron chi connectivity index (χ2n) is 3.33. The lowest BCUT2D eigenvalue weighted by molar-refractivity contribution is 0.0595. The predicted molar refractivity (Wildman–Crippen MR) is 62.7 cm³/mol. The molecule has 0 saturated carbocycles. The number of hydrogen-bond acceptors (Lipinski definition) is 3. The van der Waals surface area contributed by atoms with E-state index in [0.717, 1.165) is 0 Å². The van der Waals surface area contributed by atoms with E-state index in [-0.39, 0.29) is 16.3 Å². The Hall–Kier alpha value is -1.95. The van der Waals surface area contributed by atoms with E-state index in [1.807, 2.05) is 0 Å². The molecule has 0 aliphatic heterocycles. The van der Waals surface area contributed by atoms with Gasteiger partial charge in [0.25, 0.3) is 0 Å². The first-order chi connectivity index (χ1) is 8.11. The fourth-order valence-electron chi connectivity index (χ4n) is 1.50. The number of imidazole rings is 1. The number of H-pyrrole nitrogens is 2. The number of aromatic nitrogens is 2. The molecule has 0 saturated heterocycles. The van der Waals surface area contributed by atoms with Crippen molar-refractivity contribution in [1.29, 1.82) is 0 Å². The molecule has 0 bridgehead atoms. The number of nitrogens with one attached hydrogen (secondary N) is 2. The van der Waals surface area contributed by atoms with Gasteiger partial charge in [0.15, 0.2) is 10.5 Å². The van der Waals surface area contributed by atoms with E-state index in [0.29, 0.717) is 11.3 Å². The van der Waals surface area contributed by atoms with E-state index in [2.05, 4.69) is 14.7 Å². The highest BCUT2D eigenvalue weighted by Crippen LogP contribution is 2.22. The largest absolute Gasteiger partial charge is 0.464 e. The van der Waals surface area contributed by atoms with Gasteiger partial charge < -0.3 is 14.7 Å². The van der Waals surface area contributed by atoms with Gasteiger partial charge in [-0.3, -0.25) is 0 Å². The van der Waals surface area contributed by atoms with Crippen molar-refractivity contribution in [2.24, 2.45) is 0 Å². The normalized spacial score (nSPS) is 10.2. The number of carbonyl (C=O) groups is 1. The van der Waals surface area contributed by atoms with Crippen LogP contribution in [0, 0.1) is 10.6 Å². The summed E-state index contributed by atoms with van der Waals surface area (Å²) in [6, 6.07) is 5.85. The Morgan fingerprint density at radius 3 is 2.82 bits per heavy atom. The zero-order chi connectivity index (χ0) is 12.4. The van der Waals surface area contributed by atoms with Crippen LogP contribution >= 0.6 is 12.2 Å². The van der Waals surface area contributed by atoms with Crippen LogP contribution in [0.2, 0.25) is 0 Å². The molecule has 0 unspecified atom stereocenters. The van der Waals surface area contributed by atoms with Crippen LogP contribution in [-0.4, -0.2) is 23.0 Å². The minimum Gasteiger partial charge on any atom is -0.464 e. The highest BCUT2D eigenvalue weighted by molar-refractivity contribution is 7.71. The number of halogens is 1. The van der Waals surface area contributed by atoms with E-state index in [9.17, 15) is 9.18 Å². The molecule has 88 valence electrons. The maximum Gasteiger partial charge on any atom is 0.356 e. The zero-order valence-corrected chi connectivity index (χ0v) is 9.73. The van der Waals surface area contributed by atoms with Gasteiger partial charge in [-0.25, -0.2) is 9.18 Å². The van der Waals surface area contributed by atoms with Crippen LogP contribution in [0.5, 0.6) is 0 Å². The van der Waals surface area contributed by atoms with Crippen LogP contribution in [0.15, 0.2) is 24.3 Å². The van der Waals surface area contributed by atoms with E-state index in [4.69, 9.17) is 12.2 Å². The van der Waals surface area contributed by atoms with E-state index >= 15 is 0 Å². The Balaban J connectivity index is 2.59. The molecule has 0 radical (unpaired) electrons. The van der Waals surface area contributed by atoms with Crippen molar-refractivity contribution in [1.82, 2.24) is 9.97 Å². The van der Waals surface area contributed by atoms with Crippen molar-refractivity contribution in [2.75, 3.05) is 7.11 Å². The molecule has 2 rings (SSSR count). The molecule has 0 spiro atoms. The van der Waals surface area contributed by atoms with E-state index in [1.165, 1.54) is 19.2 Å². The molecule has 4 nitrogen and oxygen atoms in total. The Morgan fingerprint density at radius 2 is 2.18 bits per heavy atom. The number of ether oxygens (including phenoxy) is 1. The van der Waals surface area contributed by atoms with Gasteiger partial charge in [0.1, 0.15) is 5.82 Å². The maximum absolute atomic E-state index is 13.1. The first-order valence-electron chi connectivity index (χ1n) is 4.78. The Morgan fingerprint density at radius 1 is 1.41 bits per heavy atom. The molecule has 2 aromatic rings. The van der Waals surface area contributed by atoms with Crippen LogP contribution in [0.25, 0.3) is 11.3 Å². The average Bonchev–Trinajstić information content (AvgIpc) is 2.70. The molecule has 1 aromatic carbocycles. The second-order valence-corrected chi connectivity index (χ2v) is 3.74. The summed E-state index contributed by atoms with van der Waals surface area (Å²) in [4.78, 5) is 17.0. The van der Waals surface area contributed by atoms with Crippen molar-refractivity contribution in [3.63, 3.8) is 0 Å². The fraction of sp³-hybridized carbons (Fsp3) is 0.0909. The third kappa shape index (κ3) is 2.26. The summed E-state index contributed by atoms with van der Waals surface area (Å²) in [5.41, 5.74) is 1.13. The molecule has 2 N–H and O–H groups in total. The molecule has 0 aliphatic rings. The van der Waals surface area contributed by atoms with Gasteiger partial charge in [0, 0.05) is 5.56 Å². The van der Waals surface area contributed by atoms with Gasteiger partial charge in [-0.15, -0.1) is 0 Å². The highest BCUT2D eigenvalue weighted by atomic mass is 32.1. The van der Waals surface area contributed by atoms with Gasteiger partial charge >= 0.3 is 5.97 Å². The van der Waals surface area contributed by atoms with Crippen molar-refractivity contribution in [3.8, 4) is 11.3 Å². The standard InChI is InChI=1S/C11H9FN2O2S/c1-16-10(15)9-8(13-11(17)14-9)6-3-2-4-7(12)5-6/h2-5H,1H3,(H2,13,14,17). The van der Waals surface area contributed by atoms with Crippen molar-refractivity contribution < 1.29 is 13.9 Å².